The predicted molar refractivity (Wildman–Crippen MR) is 65.0 cm³/mol. The molecule has 98 valence electrons. The molecule has 4 nitrogen and oxygen atoms in total. The molecular weight excluding hydrogens is 218 g/mol. The van der Waals surface area contributed by atoms with Crippen LogP contribution in [-0.4, -0.2) is 56.2 Å². The number of ether oxygens (including phenoxy) is 2. The Morgan fingerprint density at radius 2 is 2.18 bits per heavy atom. The molecule has 0 N–H and O–H groups in total. The Kier molecular flexibility index (Phi) is 3.85. The van der Waals surface area contributed by atoms with Crippen molar-refractivity contribution in [1.82, 2.24) is 4.90 Å². The zero-order chi connectivity index (χ0) is 12.4. The number of carbonyl (C=O) groups excluding carboxylic acids is 1. The molecular formula is C13H23NO3. The van der Waals surface area contributed by atoms with Crippen LogP contribution >= 0.6 is 0 Å². The summed E-state index contributed by atoms with van der Waals surface area (Å²) in [6, 6.07) is 0. The van der Waals surface area contributed by atoms with Crippen LogP contribution in [0.15, 0.2) is 0 Å². The summed E-state index contributed by atoms with van der Waals surface area (Å²) < 4.78 is 11.2. The van der Waals surface area contributed by atoms with E-state index in [-0.39, 0.29) is 11.0 Å². The summed E-state index contributed by atoms with van der Waals surface area (Å²) in [5, 5.41) is 0. The summed E-state index contributed by atoms with van der Waals surface area (Å²) in [6.07, 6.45) is 3.05. The van der Waals surface area contributed by atoms with Gasteiger partial charge in [-0.05, 0) is 26.7 Å². The molecule has 2 saturated heterocycles. The van der Waals surface area contributed by atoms with E-state index in [1.54, 1.807) is 0 Å². The topological polar surface area (TPSA) is 38.8 Å². The molecule has 2 aliphatic rings. The predicted octanol–water partition coefficient (Wildman–Crippen LogP) is 1.09. The Hall–Kier alpha value is -0.450. The van der Waals surface area contributed by atoms with Crippen molar-refractivity contribution in [2.45, 2.75) is 32.3 Å². The Bertz CT molecular complexity index is 272. The lowest BCUT2D eigenvalue weighted by atomic mass is 9.83. The van der Waals surface area contributed by atoms with E-state index in [0.29, 0.717) is 6.61 Å². The monoisotopic (exact) mass is 241 g/mol. The Balaban J connectivity index is 1.96. The summed E-state index contributed by atoms with van der Waals surface area (Å²) in [6.45, 7) is 8.94. The van der Waals surface area contributed by atoms with Gasteiger partial charge < -0.3 is 14.3 Å². The van der Waals surface area contributed by atoms with Crippen LogP contribution < -0.4 is 0 Å². The molecule has 0 aromatic carbocycles. The Morgan fingerprint density at radius 1 is 1.35 bits per heavy atom. The summed E-state index contributed by atoms with van der Waals surface area (Å²) in [7, 11) is 0. The van der Waals surface area contributed by atoms with Gasteiger partial charge >= 0.3 is 0 Å². The smallest absolute Gasteiger partial charge is 0.129 e. The van der Waals surface area contributed by atoms with Gasteiger partial charge in [-0.2, -0.15) is 0 Å². The highest BCUT2D eigenvalue weighted by atomic mass is 16.5. The zero-order valence-corrected chi connectivity index (χ0v) is 10.9. The van der Waals surface area contributed by atoms with E-state index in [2.05, 4.69) is 18.7 Å². The first-order valence-electron chi connectivity index (χ1n) is 6.46. The largest absolute Gasteiger partial charge is 0.380 e. The van der Waals surface area contributed by atoms with Gasteiger partial charge in [-0.15, -0.1) is 0 Å². The Labute approximate surface area is 103 Å². The third-order valence-electron chi connectivity index (χ3n) is 3.65. The minimum absolute atomic E-state index is 0.0994. The van der Waals surface area contributed by atoms with E-state index in [1.165, 1.54) is 0 Å². The highest BCUT2D eigenvalue weighted by molar-refractivity contribution is 5.60. The molecule has 0 spiro atoms. The first-order chi connectivity index (χ1) is 8.05. The van der Waals surface area contributed by atoms with Gasteiger partial charge in [-0.25, -0.2) is 0 Å². The van der Waals surface area contributed by atoms with Crippen molar-refractivity contribution in [3.63, 3.8) is 0 Å². The summed E-state index contributed by atoms with van der Waals surface area (Å²) in [5.74, 6) is 0. The molecule has 1 unspecified atom stereocenters. The summed E-state index contributed by atoms with van der Waals surface area (Å²) in [4.78, 5) is 13.7. The van der Waals surface area contributed by atoms with Crippen LogP contribution in [-0.2, 0) is 14.3 Å². The van der Waals surface area contributed by atoms with E-state index in [0.717, 1.165) is 52.0 Å². The van der Waals surface area contributed by atoms with E-state index in [9.17, 15) is 4.79 Å². The van der Waals surface area contributed by atoms with Gasteiger partial charge in [-0.1, -0.05) is 0 Å². The molecule has 4 heteroatoms. The number of rotatable bonds is 3. The fourth-order valence-corrected chi connectivity index (χ4v) is 2.82. The summed E-state index contributed by atoms with van der Waals surface area (Å²) >= 11 is 0. The number of aldehydes is 1. The summed E-state index contributed by atoms with van der Waals surface area (Å²) in [5.41, 5.74) is -0.385. The fraction of sp³-hybridized carbons (Fsp3) is 0.923. The lowest BCUT2D eigenvalue weighted by molar-refractivity contribution is -0.132. The van der Waals surface area contributed by atoms with Crippen LogP contribution in [0, 0.1) is 5.41 Å². The molecule has 0 amide bonds. The second-order valence-corrected chi connectivity index (χ2v) is 5.96. The van der Waals surface area contributed by atoms with Crippen LogP contribution in [0.5, 0.6) is 0 Å². The van der Waals surface area contributed by atoms with Gasteiger partial charge in [0.2, 0.25) is 0 Å². The van der Waals surface area contributed by atoms with Gasteiger partial charge in [0.1, 0.15) is 6.29 Å². The van der Waals surface area contributed by atoms with Crippen LogP contribution in [0.1, 0.15) is 26.7 Å². The molecule has 0 bridgehead atoms. The van der Waals surface area contributed by atoms with Gasteiger partial charge in [0.05, 0.1) is 24.2 Å². The lowest BCUT2D eigenvalue weighted by Crippen LogP contribution is -2.53. The molecule has 1 atom stereocenters. The maximum atomic E-state index is 11.4. The molecule has 2 fully saturated rings. The van der Waals surface area contributed by atoms with E-state index >= 15 is 0 Å². The SMILES string of the molecule is CC1(C)CN(CC2(C=O)CCCOC2)CCO1. The van der Waals surface area contributed by atoms with Crippen molar-refractivity contribution in [3.05, 3.63) is 0 Å². The van der Waals surface area contributed by atoms with Crippen LogP contribution in [0.4, 0.5) is 0 Å². The molecule has 0 radical (unpaired) electrons. The first-order valence-corrected chi connectivity index (χ1v) is 6.46. The molecule has 0 saturated carbocycles. The van der Waals surface area contributed by atoms with Crippen LogP contribution in [0.2, 0.25) is 0 Å². The maximum Gasteiger partial charge on any atom is 0.129 e. The van der Waals surface area contributed by atoms with Gasteiger partial charge in [0, 0.05) is 26.2 Å². The maximum absolute atomic E-state index is 11.4. The van der Waals surface area contributed by atoms with E-state index in [4.69, 9.17) is 9.47 Å². The average molecular weight is 241 g/mol. The minimum Gasteiger partial charge on any atom is -0.380 e. The highest BCUT2D eigenvalue weighted by Gasteiger charge is 2.37. The number of nitrogens with zero attached hydrogens (tertiary/aromatic N) is 1. The zero-order valence-electron chi connectivity index (χ0n) is 10.9. The van der Waals surface area contributed by atoms with Gasteiger partial charge in [0.15, 0.2) is 0 Å². The molecule has 2 rings (SSSR count). The van der Waals surface area contributed by atoms with Crippen molar-refractivity contribution in [3.8, 4) is 0 Å². The number of hydrogen-bond acceptors (Lipinski definition) is 4. The van der Waals surface area contributed by atoms with Crippen molar-refractivity contribution >= 4 is 6.29 Å². The number of carbonyl (C=O) groups is 1. The van der Waals surface area contributed by atoms with Gasteiger partial charge in [-0.3, -0.25) is 4.90 Å². The quantitative estimate of drug-likeness (QED) is 0.693. The molecule has 0 aromatic heterocycles. The standard InChI is InChI=1S/C13H23NO3/c1-12(2)8-14(5-7-17-12)9-13(10-15)4-3-6-16-11-13/h10H,3-9,11H2,1-2H3. The van der Waals surface area contributed by atoms with Crippen molar-refractivity contribution in [2.75, 3.05) is 39.5 Å². The Morgan fingerprint density at radius 3 is 2.76 bits per heavy atom. The second kappa shape index (κ2) is 5.04. The number of hydrogen-bond donors (Lipinski definition) is 0. The van der Waals surface area contributed by atoms with Crippen molar-refractivity contribution in [1.29, 1.82) is 0 Å². The molecule has 2 aliphatic heterocycles. The van der Waals surface area contributed by atoms with Gasteiger partial charge in [0.25, 0.3) is 0 Å². The fourth-order valence-electron chi connectivity index (χ4n) is 2.82. The van der Waals surface area contributed by atoms with Crippen molar-refractivity contribution < 1.29 is 14.3 Å². The van der Waals surface area contributed by atoms with Crippen molar-refractivity contribution in [2.24, 2.45) is 5.41 Å². The molecule has 2 heterocycles. The lowest BCUT2D eigenvalue weighted by Gasteiger charge is -2.43. The highest BCUT2D eigenvalue weighted by Crippen LogP contribution is 2.29. The molecule has 17 heavy (non-hydrogen) atoms. The van der Waals surface area contributed by atoms with E-state index in [1.807, 2.05) is 0 Å². The van der Waals surface area contributed by atoms with E-state index < -0.39 is 0 Å². The van der Waals surface area contributed by atoms with Crippen LogP contribution in [0.3, 0.4) is 0 Å². The third kappa shape index (κ3) is 3.27. The third-order valence-corrected chi connectivity index (χ3v) is 3.65. The molecule has 0 aromatic rings. The normalized spacial score (nSPS) is 34.5. The first kappa shape index (κ1) is 13.0. The average Bonchev–Trinajstić information content (AvgIpc) is 2.29. The minimum atomic E-state index is -0.286. The number of morpholine rings is 1. The molecule has 0 aliphatic carbocycles. The van der Waals surface area contributed by atoms with Crippen LogP contribution in [0.25, 0.3) is 0 Å². The second-order valence-electron chi connectivity index (χ2n) is 5.96.